The largest absolute Gasteiger partial charge is 0.466 e. The zero-order valence-corrected chi connectivity index (χ0v) is 13.2. The monoisotopic (exact) mass is 311 g/mol. The van der Waals surface area contributed by atoms with E-state index in [0.717, 1.165) is 11.1 Å². The van der Waals surface area contributed by atoms with Crippen molar-refractivity contribution in [1.82, 2.24) is 5.32 Å². The Balaban J connectivity index is 1.97. The Labute approximate surface area is 136 Å². The van der Waals surface area contributed by atoms with E-state index in [2.05, 4.69) is 5.32 Å². The summed E-state index contributed by atoms with van der Waals surface area (Å²) >= 11 is 0. The minimum Gasteiger partial charge on any atom is -0.466 e. The van der Waals surface area contributed by atoms with E-state index in [9.17, 15) is 9.59 Å². The molecule has 0 saturated carbocycles. The summed E-state index contributed by atoms with van der Waals surface area (Å²) in [5, 5.41) is 2.86. The van der Waals surface area contributed by atoms with Gasteiger partial charge in [-0.1, -0.05) is 48.5 Å². The van der Waals surface area contributed by atoms with E-state index >= 15 is 0 Å². The summed E-state index contributed by atoms with van der Waals surface area (Å²) in [4.78, 5) is 23.6. The molecule has 1 amide bonds. The highest BCUT2D eigenvalue weighted by Crippen LogP contribution is 2.23. The van der Waals surface area contributed by atoms with Gasteiger partial charge in [-0.25, -0.2) is 0 Å². The third kappa shape index (κ3) is 4.95. The number of ether oxygens (including phenoxy) is 1. The average molecular weight is 311 g/mol. The molecule has 23 heavy (non-hydrogen) atoms. The fourth-order valence-corrected chi connectivity index (χ4v) is 2.31. The van der Waals surface area contributed by atoms with Crippen LogP contribution in [0.15, 0.2) is 54.6 Å². The zero-order valence-electron chi connectivity index (χ0n) is 13.2. The summed E-state index contributed by atoms with van der Waals surface area (Å²) in [6.45, 7) is 2.61. The molecule has 120 valence electrons. The number of esters is 1. The summed E-state index contributed by atoms with van der Waals surface area (Å²) in [7, 11) is 0. The van der Waals surface area contributed by atoms with Crippen molar-refractivity contribution >= 4 is 11.9 Å². The minimum absolute atomic E-state index is 0.131. The lowest BCUT2D eigenvalue weighted by atomic mass is 9.99. The summed E-state index contributed by atoms with van der Waals surface area (Å²) in [6.07, 6.45) is 0.881. The highest BCUT2D eigenvalue weighted by atomic mass is 16.5. The molecule has 0 saturated heterocycles. The second kappa shape index (κ2) is 8.73. The Hall–Kier alpha value is -2.62. The molecule has 1 N–H and O–H groups in total. The van der Waals surface area contributed by atoms with Crippen LogP contribution in [0.25, 0.3) is 11.1 Å². The minimum atomic E-state index is -0.230. The van der Waals surface area contributed by atoms with Crippen LogP contribution in [0.5, 0.6) is 0 Å². The summed E-state index contributed by atoms with van der Waals surface area (Å²) in [6, 6.07) is 17.3. The topological polar surface area (TPSA) is 55.4 Å². The van der Waals surface area contributed by atoms with Crippen LogP contribution >= 0.6 is 0 Å². The first-order chi connectivity index (χ1) is 11.2. The summed E-state index contributed by atoms with van der Waals surface area (Å²) < 4.78 is 4.86. The second-order valence-electron chi connectivity index (χ2n) is 5.08. The molecule has 4 nitrogen and oxygen atoms in total. The number of hydrogen-bond acceptors (Lipinski definition) is 3. The molecule has 0 aromatic heterocycles. The van der Waals surface area contributed by atoms with Gasteiger partial charge < -0.3 is 10.1 Å². The highest BCUT2D eigenvalue weighted by molar-refractivity contribution is 6.00. The third-order valence-electron chi connectivity index (χ3n) is 3.41. The fourth-order valence-electron chi connectivity index (χ4n) is 2.31. The van der Waals surface area contributed by atoms with Crippen molar-refractivity contribution in [2.24, 2.45) is 0 Å². The maximum atomic E-state index is 12.4. The molecule has 0 aliphatic carbocycles. The van der Waals surface area contributed by atoms with Crippen molar-refractivity contribution in [1.29, 1.82) is 0 Å². The van der Waals surface area contributed by atoms with Crippen LogP contribution in [-0.4, -0.2) is 25.0 Å². The number of rotatable bonds is 7. The molecule has 2 aromatic carbocycles. The molecule has 2 rings (SSSR count). The number of amides is 1. The maximum Gasteiger partial charge on any atom is 0.305 e. The lowest BCUT2D eigenvalue weighted by Crippen LogP contribution is -2.25. The number of hydrogen-bond donors (Lipinski definition) is 1. The van der Waals surface area contributed by atoms with Crippen LogP contribution in [-0.2, 0) is 9.53 Å². The molecule has 4 heteroatoms. The van der Waals surface area contributed by atoms with E-state index in [1.54, 1.807) is 6.92 Å². The van der Waals surface area contributed by atoms with E-state index in [4.69, 9.17) is 4.74 Å². The molecule has 0 spiro atoms. The Morgan fingerprint density at radius 1 is 1.00 bits per heavy atom. The second-order valence-corrected chi connectivity index (χ2v) is 5.08. The third-order valence-corrected chi connectivity index (χ3v) is 3.41. The lowest BCUT2D eigenvalue weighted by Gasteiger charge is -2.10. The van der Waals surface area contributed by atoms with Gasteiger partial charge in [0.25, 0.3) is 5.91 Å². The van der Waals surface area contributed by atoms with Crippen LogP contribution < -0.4 is 5.32 Å². The van der Waals surface area contributed by atoms with Gasteiger partial charge in [0.2, 0.25) is 0 Å². The number of benzene rings is 2. The van der Waals surface area contributed by atoms with Crippen molar-refractivity contribution in [3.63, 3.8) is 0 Å². The maximum absolute atomic E-state index is 12.4. The lowest BCUT2D eigenvalue weighted by molar-refractivity contribution is -0.143. The molecule has 0 fully saturated rings. The highest BCUT2D eigenvalue weighted by Gasteiger charge is 2.11. The molecular formula is C19H21NO3. The zero-order chi connectivity index (χ0) is 16.5. The Morgan fingerprint density at radius 2 is 1.70 bits per heavy atom. The van der Waals surface area contributed by atoms with E-state index in [1.807, 2.05) is 54.6 Å². The van der Waals surface area contributed by atoms with Gasteiger partial charge in [-0.2, -0.15) is 0 Å². The predicted molar refractivity (Wildman–Crippen MR) is 90.1 cm³/mol. The molecule has 0 radical (unpaired) electrons. The van der Waals surface area contributed by atoms with Crippen molar-refractivity contribution in [3.05, 3.63) is 60.2 Å². The van der Waals surface area contributed by atoms with Crippen molar-refractivity contribution in [2.75, 3.05) is 13.2 Å². The Kier molecular flexibility index (Phi) is 6.36. The van der Waals surface area contributed by atoms with Gasteiger partial charge in [-0.15, -0.1) is 0 Å². The number of nitrogens with one attached hydrogen (secondary N) is 1. The van der Waals surface area contributed by atoms with Gasteiger partial charge in [0.15, 0.2) is 0 Å². The number of carbonyl (C=O) groups excluding carboxylic acids is 2. The van der Waals surface area contributed by atoms with Crippen molar-refractivity contribution in [2.45, 2.75) is 19.8 Å². The van der Waals surface area contributed by atoms with Gasteiger partial charge in [-0.3, -0.25) is 9.59 Å². The molecule has 0 heterocycles. The van der Waals surface area contributed by atoms with Crippen LogP contribution in [0.2, 0.25) is 0 Å². The van der Waals surface area contributed by atoms with Gasteiger partial charge >= 0.3 is 5.97 Å². The van der Waals surface area contributed by atoms with E-state index in [1.165, 1.54) is 0 Å². The molecule has 0 atom stereocenters. The first kappa shape index (κ1) is 16.7. The standard InChI is InChI=1S/C19H21NO3/c1-2-23-18(21)13-8-14-20-19(22)17-12-7-6-11-16(17)15-9-4-3-5-10-15/h3-7,9-12H,2,8,13-14H2,1H3,(H,20,22). The van der Waals surface area contributed by atoms with Gasteiger partial charge in [0.1, 0.15) is 0 Å². The molecule has 0 unspecified atom stereocenters. The van der Waals surface area contributed by atoms with Gasteiger partial charge in [-0.05, 0) is 30.5 Å². The first-order valence-electron chi connectivity index (χ1n) is 7.80. The molecule has 0 aliphatic heterocycles. The molecular weight excluding hydrogens is 290 g/mol. The van der Waals surface area contributed by atoms with Crippen LogP contribution in [0, 0.1) is 0 Å². The van der Waals surface area contributed by atoms with Crippen LogP contribution in [0.4, 0.5) is 0 Å². The van der Waals surface area contributed by atoms with Gasteiger partial charge in [0, 0.05) is 18.5 Å². The normalized spacial score (nSPS) is 10.1. The SMILES string of the molecule is CCOC(=O)CCCNC(=O)c1ccccc1-c1ccccc1. The predicted octanol–water partition coefficient (Wildman–Crippen LogP) is 3.43. The van der Waals surface area contributed by atoms with Crippen molar-refractivity contribution in [3.8, 4) is 11.1 Å². The number of carbonyl (C=O) groups is 2. The van der Waals surface area contributed by atoms with E-state index < -0.39 is 0 Å². The smallest absolute Gasteiger partial charge is 0.305 e. The molecule has 0 aliphatic rings. The Bertz CT molecular complexity index is 653. The van der Waals surface area contributed by atoms with E-state index in [-0.39, 0.29) is 11.9 Å². The van der Waals surface area contributed by atoms with Crippen LogP contribution in [0.1, 0.15) is 30.1 Å². The molecule has 2 aromatic rings. The summed E-state index contributed by atoms with van der Waals surface area (Å²) in [5.74, 6) is -0.361. The first-order valence-corrected chi connectivity index (χ1v) is 7.80. The summed E-state index contributed by atoms with van der Waals surface area (Å²) in [5.41, 5.74) is 2.54. The Morgan fingerprint density at radius 3 is 2.43 bits per heavy atom. The fraction of sp³-hybridized carbons (Fsp3) is 0.263. The quantitative estimate of drug-likeness (QED) is 0.629. The van der Waals surface area contributed by atoms with Crippen LogP contribution in [0.3, 0.4) is 0 Å². The molecule has 0 bridgehead atoms. The van der Waals surface area contributed by atoms with E-state index in [0.29, 0.717) is 31.6 Å². The van der Waals surface area contributed by atoms with Crippen molar-refractivity contribution < 1.29 is 14.3 Å². The van der Waals surface area contributed by atoms with Gasteiger partial charge in [0.05, 0.1) is 6.61 Å². The average Bonchev–Trinajstić information content (AvgIpc) is 2.59.